The summed E-state index contributed by atoms with van der Waals surface area (Å²) in [4.78, 5) is 8.26. The van der Waals surface area contributed by atoms with Crippen molar-refractivity contribution in [3.05, 3.63) is 30.9 Å². The molecule has 2 N–H and O–H groups in total. The van der Waals surface area contributed by atoms with E-state index < -0.39 is 0 Å². The molecule has 0 radical (unpaired) electrons. The predicted octanol–water partition coefficient (Wildman–Crippen LogP) is 1.88. The third kappa shape index (κ3) is 2.09. The highest BCUT2D eigenvalue weighted by Crippen LogP contribution is 2.27. The predicted molar refractivity (Wildman–Crippen MR) is 69.0 cm³/mol. The van der Waals surface area contributed by atoms with Crippen molar-refractivity contribution in [1.82, 2.24) is 14.5 Å². The summed E-state index contributed by atoms with van der Waals surface area (Å²) >= 11 is 0. The molecule has 1 unspecified atom stereocenters. The molecule has 0 saturated carbocycles. The monoisotopic (exact) mass is 244 g/mol. The zero-order valence-electron chi connectivity index (χ0n) is 10.1. The van der Waals surface area contributed by atoms with Crippen molar-refractivity contribution in [1.29, 1.82) is 0 Å². The largest absolute Gasteiger partial charge is 0.384 e. The fourth-order valence-electron chi connectivity index (χ4n) is 2.37. The van der Waals surface area contributed by atoms with Gasteiger partial charge in [0.2, 0.25) is 0 Å². The lowest BCUT2D eigenvalue weighted by atomic mass is 10.1. The number of hydrogen-bond acceptors (Lipinski definition) is 4. The molecule has 2 aromatic rings. The van der Waals surface area contributed by atoms with Crippen LogP contribution in [0.2, 0.25) is 0 Å². The summed E-state index contributed by atoms with van der Waals surface area (Å²) in [6.45, 7) is 1.62. The number of nitrogens with two attached hydrogens (primary N) is 1. The summed E-state index contributed by atoms with van der Waals surface area (Å²) in [5.74, 6) is 0.528. The van der Waals surface area contributed by atoms with Crippen LogP contribution in [0.3, 0.4) is 0 Å². The number of nitrogen functional groups attached to an aromatic ring is 1. The Kier molecular flexibility index (Phi) is 2.98. The van der Waals surface area contributed by atoms with Crippen molar-refractivity contribution >= 4 is 5.82 Å². The highest BCUT2D eigenvalue weighted by atomic mass is 16.5. The average molecular weight is 244 g/mol. The van der Waals surface area contributed by atoms with E-state index in [-0.39, 0.29) is 0 Å². The van der Waals surface area contributed by atoms with Gasteiger partial charge in [-0.2, -0.15) is 0 Å². The lowest BCUT2D eigenvalue weighted by Crippen LogP contribution is -2.21. The van der Waals surface area contributed by atoms with Gasteiger partial charge in [-0.1, -0.05) is 0 Å². The summed E-state index contributed by atoms with van der Waals surface area (Å²) < 4.78 is 7.71. The van der Waals surface area contributed by atoms with E-state index in [1.165, 1.54) is 0 Å². The standard InChI is InChI=1S/C13H16N4O/c14-13-6-10(3-4-16-13)12-7-15-9-17(12)11-2-1-5-18-8-11/h3-4,6-7,9,11H,1-2,5,8H2,(H2,14,16). The smallest absolute Gasteiger partial charge is 0.123 e. The summed E-state index contributed by atoms with van der Waals surface area (Å²) in [5.41, 5.74) is 7.84. The van der Waals surface area contributed by atoms with E-state index in [0.717, 1.165) is 37.3 Å². The summed E-state index contributed by atoms with van der Waals surface area (Å²) in [5, 5.41) is 0. The molecule has 0 spiro atoms. The van der Waals surface area contributed by atoms with E-state index >= 15 is 0 Å². The molecule has 0 bridgehead atoms. The van der Waals surface area contributed by atoms with Crippen LogP contribution in [0.5, 0.6) is 0 Å². The second-order valence-corrected chi connectivity index (χ2v) is 4.53. The van der Waals surface area contributed by atoms with Crippen LogP contribution in [0, 0.1) is 0 Å². The van der Waals surface area contributed by atoms with Crippen molar-refractivity contribution in [2.45, 2.75) is 18.9 Å². The molecule has 1 atom stereocenters. The number of nitrogens with zero attached hydrogens (tertiary/aromatic N) is 3. The highest BCUT2D eigenvalue weighted by molar-refractivity contribution is 5.61. The van der Waals surface area contributed by atoms with Crippen molar-refractivity contribution in [3.8, 4) is 11.3 Å². The van der Waals surface area contributed by atoms with Gasteiger partial charge in [0.1, 0.15) is 5.82 Å². The van der Waals surface area contributed by atoms with Crippen LogP contribution in [-0.4, -0.2) is 27.7 Å². The minimum Gasteiger partial charge on any atom is -0.384 e. The summed E-state index contributed by atoms with van der Waals surface area (Å²) in [6.07, 6.45) is 7.68. The minimum absolute atomic E-state index is 0.366. The lowest BCUT2D eigenvalue weighted by Gasteiger charge is -2.25. The van der Waals surface area contributed by atoms with Crippen LogP contribution < -0.4 is 5.73 Å². The average Bonchev–Trinajstić information content (AvgIpc) is 2.89. The van der Waals surface area contributed by atoms with E-state index in [2.05, 4.69) is 14.5 Å². The molecule has 5 heteroatoms. The van der Waals surface area contributed by atoms with Crippen LogP contribution in [-0.2, 0) is 4.74 Å². The van der Waals surface area contributed by atoms with Crippen molar-refractivity contribution in [2.24, 2.45) is 0 Å². The second kappa shape index (κ2) is 4.78. The quantitative estimate of drug-likeness (QED) is 0.876. The van der Waals surface area contributed by atoms with Gasteiger partial charge in [-0.25, -0.2) is 9.97 Å². The maximum absolute atomic E-state index is 5.73. The molecular formula is C13H16N4O. The molecule has 3 heterocycles. The molecule has 1 aliphatic heterocycles. The Morgan fingerprint density at radius 1 is 1.44 bits per heavy atom. The molecule has 3 rings (SSSR count). The van der Waals surface area contributed by atoms with Gasteiger partial charge in [0.05, 0.1) is 30.9 Å². The number of hydrogen-bond donors (Lipinski definition) is 1. The van der Waals surface area contributed by atoms with Crippen molar-refractivity contribution in [3.63, 3.8) is 0 Å². The molecule has 0 amide bonds. The van der Waals surface area contributed by atoms with Gasteiger partial charge in [0.25, 0.3) is 0 Å². The first-order valence-corrected chi connectivity index (χ1v) is 6.16. The first kappa shape index (κ1) is 11.2. The maximum Gasteiger partial charge on any atom is 0.123 e. The van der Waals surface area contributed by atoms with Crippen LogP contribution in [0.25, 0.3) is 11.3 Å². The number of anilines is 1. The van der Waals surface area contributed by atoms with Gasteiger partial charge in [-0.3, -0.25) is 0 Å². The molecule has 1 saturated heterocycles. The fraction of sp³-hybridized carbons (Fsp3) is 0.385. The molecule has 18 heavy (non-hydrogen) atoms. The van der Waals surface area contributed by atoms with Crippen LogP contribution in [0.15, 0.2) is 30.9 Å². The number of imidazole rings is 1. The van der Waals surface area contributed by atoms with Gasteiger partial charge < -0.3 is 15.0 Å². The van der Waals surface area contributed by atoms with E-state index in [9.17, 15) is 0 Å². The SMILES string of the molecule is Nc1cc(-c2cncn2C2CCCOC2)ccn1. The Labute approximate surface area is 106 Å². The third-order valence-corrected chi connectivity index (χ3v) is 3.27. The van der Waals surface area contributed by atoms with Gasteiger partial charge >= 0.3 is 0 Å². The molecule has 0 aromatic carbocycles. The van der Waals surface area contributed by atoms with Crippen molar-refractivity contribution in [2.75, 3.05) is 18.9 Å². The zero-order chi connectivity index (χ0) is 12.4. The van der Waals surface area contributed by atoms with Crippen LogP contribution >= 0.6 is 0 Å². The van der Waals surface area contributed by atoms with Crippen molar-refractivity contribution < 1.29 is 4.74 Å². The van der Waals surface area contributed by atoms with E-state index in [4.69, 9.17) is 10.5 Å². The Hall–Kier alpha value is -1.88. The fourth-order valence-corrected chi connectivity index (χ4v) is 2.37. The van der Waals surface area contributed by atoms with Gasteiger partial charge in [0, 0.05) is 18.4 Å². The van der Waals surface area contributed by atoms with E-state index in [1.807, 2.05) is 24.7 Å². The van der Waals surface area contributed by atoms with E-state index in [0.29, 0.717) is 11.9 Å². The molecule has 0 aliphatic carbocycles. The van der Waals surface area contributed by atoms with E-state index in [1.54, 1.807) is 6.20 Å². The van der Waals surface area contributed by atoms with Gasteiger partial charge in [-0.15, -0.1) is 0 Å². The van der Waals surface area contributed by atoms with Crippen LogP contribution in [0.1, 0.15) is 18.9 Å². The maximum atomic E-state index is 5.73. The normalized spacial score (nSPS) is 19.9. The molecule has 1 aliphatic rings. The Morgan fingerprint density at radius 2 is 2.39 bits per heavy atom. The Morgan fingerprint density at radius 3 is 3.17 bits per heavy atom. The van der Waals surface area contributed by atoms with Gasteiger partial charge in [-0.05, 0) is 25.0 Å². The Bertz CT molecular complexity index is 531. The van der Waals surface area contributed by atoms with Gasteiger partial charge in [0.15, 0.2) is 0 Å². The topological polar surface area (TPSA) is 66.0 Å². The lowest BCUT2D eigenvalue weighted by molar-refractivity contribution is 0.0596. The second-order valence-electron chi connectivity index (χ2n) is 4.53. The first-order chi connectivity index (χ1) is 8.84. The number of pyridine rings is 1. The number of aromatic nitrogens is 3. The third-order valence-electron chi connectivity index (χ3n) is 3.27. The zero-order valence-corrected chi connectivity index (χ0v) is 10.1. The molecule has 5 nitrogen and oxygen atoms in total. The number of ether oxygens (including phenoxy) is 1. The minimum atomic E-state index is 0.366. The Balaban J connectivity index is 1.95. The molecule has 1 fully saturated rings. The highest BCUT2D eigenvalue weighted by Gasteiger charge is 2.18. The molecule has 94 valence electrons. The number of rotatable bonds is 2. The summed E-state index contributed by atoms with van der Waals surface area (Å²) in [6, 6.07) is 4.19. The summed E-state index contributed by atoms with van der Waals surface area (Å²) in [7, 11) is 0. The molecular weight excluding hydrogens is 228 g/mol. The first-order valence-electron chi connectivity index (χ1n) is 6.16. The molecule has 2 aromatic heterocycles. The van der Waals surface area contributed by atoms with Crippen LogP contribution in [0.4, 0.5) is 5.82 Å².